The van der Waals surface area contributed by atoms with E-state index >= 15 is 0 Å². The van der Waals surface area contributed by atoms with E-state index in [0.29, 0.717) is 29.8 Å². The number of halogens is 1. The SMILES string of the molecule is CCOC(=O)N(C)c1ccc(-c2ccc(C(=O)CCc3ccc(N)nc3)cc2)cc1F. The summed E-state index contributed by atoms with van der Waals surface area (Å²) in [5, 5.41) is 0. The van der Waals surface area contributed by atoms with Gasteiger partial charge in [-0.2, -0.15) is 0 Å². The third kappa shape index (κ3) is 5.45. The number of hydrogen-bond acceptors (Lipinski definition) is 5. The summed E-state index contributed by atoms with van der Waals surface area (Å²) in [6.07, 6.45) is 1.98. The summed E-state index contributed by atoms with van der Waals surface area (Å²) in [6.45, 7) is 1.90. The summed E-state index contributed by atoms with van der Waals surface area (Å²) < 4.78 is 19.5. The van der Waals surface area contributed by atoms with E-state index in [1.54, 1.807) is 49.5 Å². The van der Waals surface area contributed by atoms with Gasteiger partial charge in [-0.05, 0) is 48.2 Å². The lowest BCUT2D eigenvalue weighted by molar-refractivity contribution is 0.0982. The van der Waals surface area contributed by atoms with Crippen LogP contribution in [0.3, 0.4) is 0 Å². The zero-order chi connectivity index (χ0) is 22.4. The third-order valence-corrected chi connectivity index (χ3v) is 4.88. The summed E-state index contributed by atoms with van der Waals surface area (Å²) in [6, 6.07) is 15.2. The quantitative estimate of drug-likeness (QED) is 0.550. The Kier molecular flexibility index (Phi) is 6.97. The number of nitrogens with two attached hydrogens (primary N) is 1. The van der Waals surface area contributed by atoms with Crippen LogP contribution in [0, 0.1) is 5.82 Å². The summed E-state index contributed by atoms with van der Waals surface area (Å²) in [4.78, 5) is 29.4. The maximum absolute atomic E-state index is 14.6. The molecule has 31 heavy (non-hydrogen) atoms. The van der Waals surface area contributed by atoms with Gasteiger partial charge in [-0.1, -0.05) is 36.4 Å². The fourth-order valence-corrected chi connectivity index (χ4v) is 3.11. The summed E-state index contributed by atoms with van der Waals surface area (Å²) in [7, 11) is 1.46. The van der Waals surface area contributed by atoms with Crippen molar-refractivity contribution in [1.82, 2.24) is 4.98 Å². The Morgan fingerprint density at radius 3 is 2.39 bits per heavy atom. The predicted octanol–water partition coefficient (Wildman–Crippen LogP) is 4.88. The number of carbonyl (C=O) groups excluding carboxylic acids is 2. The van der Waals surface area contributed by atoms with E-state index in [0.717, 1.165) is 16.0 Å². The largest absolute Gasteiger partial charge is 0.449 e. The van der Waals surface area contributed by atoms with Gasteiger partial charge in [0.2, 0.25) is 0 Å². The number of anilines is 2. The second-order valence-electron chi connectivity index (χ2n) is 7.02. The normalized spacial score (nSPS) is 10.5. The molecule has 1 aromatic heterocycles. The van der Waals surface area contributed by atoms with Gasteiger partial charge < -0.3 is 10.5 Å². The fraction of sp³-hybridized carbons (Fsp3) is 0.208. The molecule has 0 radical (unpaired) electrons. The highest BCUT2D eigenvalue weighted by Crippen LogP contribution is 2.27. The lowest BCUT2D eigenvalue weighted by Gasteiger charge is -2.17. The molecule has 1 heterocycles. The second kappa shape index (κ2) is 9.84. The highest BCUT2D eigenvalue weighted by molar-refractivity contribution is 5.96. The second-order valence-corrected chi connectivity index (χ2v) is 7.02. The lowest BCUT2D eigenvalue weighted by Crippen LogP contribution is -2.27. The molecule has 0 aliphatic heterocycles. The number of nitrogen functional groups attached to an aromatic ring is 1. The predicted molar refractivity (Wildman–Crippen MR) is 119 cm³/mol. The van der Waals surface area contributed by atoms with Gasteiger partial charge in [-0.25, -0.2) is 14.2 Å². The van der Waals surface area contributed by atoms with E-state index in [1.165, 1.54) is 19.2 Å². The molecule has 0 spiro atoms. The van der Waals surface area contributed by atoms with E-state index in [9.17, 15) is 14.0 Å². The van der Waals surface area contributed by atoms with Crippen LogP contribution in [-0.2, 0) is 11.2 Å². The minimum absolute atomic E-state index is 0.0148. The Morgan fingerprint density at radius 2 is 1.77 bits per heavy atom. The molecule has 7 heteroatoms. The number of amides is 1. The monoisotopic (exact) mass is 421 g/mol. The maximum Gasteiger partial charge on any atom is 0.414 e. The molecule has 6 nitrogen and oxygen atoms in total. The van der Waals surface area contributed by atoms with Gasteiger partial charge in [0.25, 0.3) is 0 Å². The van der Waals surface area contributed by atoms with Gasteiger partial charge in [-0.15, -0.1) is 0 Å². The number of nitrogens with zero attached hydrogens (tertiary/aromatic N) is 2. The average Bonchev–Trinajstić information content (AvgIpc) is 2.78. The van der Waals surface area contributed by atoms with Crippen LogP contribution < -0.4 is 10.6 Å². The van der Waals surface area contributed by atoms with E-state index in [-0.39, 0.29) is 18.1 Å². The van der Waals surface area contributed by atoms with Crippen LogP contribution in [-0.4, -0.2) is 30.5 Å². The number of Topliss-reactive ketones (excluding diaryl/α,β-unsaturated/α-hetero) is 1. The van der Waals surface area contributed by atoms with Crippen molar-refractivity contribution in [2.75, 3.05) is 24.3 Å². The zero-order valence-electron chi connectivity index (χ0n) is 17.5. The van der Waals surface area contributed by atoms with E-state index in [1.807, 2.05) is 6.07 Å². The molecule has 1 amide bonds. The van der Waals surface area contributed by atoms with Crippen molar-refractivity contribution in [3.8, 4) is 11.1 Å². The molecule has 0 saturated heterocycles. The molecule has 3 rings (SSSR count). The van der Waals surface area contributed by atoms with Crippen molar-refractivity contribution in [2.45, 2.75) is 19.8 Å². The number of pyridine rings is 1. The number of ketones is 1. The van der Waals surface area contributed by atoms with Gasteiger partial charge in [-0.3, -0.25) is 9.69 Å². The first-order chi connectivity index (χ1) is 14.9. The molecule has 0 saturated carbocycles. The first-order valence-electron chi connectivity index (χ1n) is 9.93. The number of hydrogen-bond donors (Lipinski definition) is 1. The highest BCUT2D eigenvalue weighted by atomic mass is 19.1. The summed E-state index contributed by atoms with van der Waals surface area (Å²) >= 11 is 0. The zero-order valence-corrected chi connectivity index (χ0v) is 17.5. The summed E-state index contributed by atoms with van der Waals surface area (Å²) in [5.74, 6) is -0.0750. The van der Waals surface area contributed by atoms with Gasteiger partial charge >= 0.3 is 6.09 Å². The van der Waals surface area contributed by atoms with Crippen molar-refractivity contribution in [3.63, 3.8) is 0 Å². The van der Waals surface area contributed by atoms with Crippen LogP contribution in [0.4, 0.5) is 20.7 Å². The fourth-order valence-electron chi connectivity index (χ4n) is 3.11. The van der Waals surface area contributed by atoms with Crippen LogP contribution in [0.1, 0.15) is 29.3 Å². The molecule has 2 aromatic carbocycles. The Labute approximate surface area is 180 Å². The number of ether oxygens (including phenoxy) is 1. The van der Waals surface area contributed by atoms with Crippen LogP contribution in [0.25, 0.3) is 11.1 Å². The van der Waals surface area contributed by atoms with Crippen molar-refractivity contribution in [3.05, 3.63) is 77.7 Å². The number of rotatable bonds is 7. The maximum atomic E-state index is 14.6. The van der Waals surface area contributed by atoms with Gasteiger partial charge in [0.1, 0.15) is 11.6 Å². The van der Waals surface area contributed by atoms with E-state index < -0.39 is 11.9 Å². The van der Waals surface area contributed by atoms with E-state index in [2.05, 4.69) is 4.98 Å². The molecule has 0 aliphatic carbocycles. The lowest BCUT2D eigenvalue weighted by atomic mass is 9.99. The number of benzene rings is 2. The number of carbonyl (C=O) groups is 2. The molecular formula is C24H24FN3O3. The van der Waals surface area contributed by atoms with Crippen molar-refractivity contribution in [2.24, 2.45) is 0 Å². The Hall–Kier alpha value is -3.74. The molecule has 0 aliphatic rings. The Morgan fingerprint density at radius 1 is 1.06 bits per heavy atom. The third-order valence-electron chi connectivity index (χ3n) is 4.88. The average molecular weight is 421 g/mol. The molecule has 0 bridgehead atoms. The molecule has 0 atom stereocenters. The van der Waals surface area contributed by atoms with Crippen molar-refractivity contribution in [1.29, 1.82) is 0 Å². The van der Waals surface area contributed by atoms with Crippen LogP contribution in [0.15, 0.2) is 60.8 Å². The smallest absolute Gasteiger partial charge is 0.414 e. The highest BCUT2D eigenvalue weighted by Gasteiger charge is 2.16. The van der Waals surface area contributed by atoms with Crippen LogP contribution in [0.5, 0.6) is 0 Å². The van der Waals surface area contributed by atoms with Crippen LogP contribution >= 0.6 is 0 Å². The van der Waals surface area contributed by atoms with E-state index in [4.69, 9.17) is 10.5 Å². The molecule has 160 valence electrons. The molecular weight excluding hydrogens is 397 g/mol. The standard InChI is InChI=1S/C24H24FN3O3/c1-3-31-24(30)28(2)21-11-10-19(14-20(21)25)17-6-8-18(9-7-17)22(29)12-4-16-5-13-23(26)27-15-16/h5-11,13-15H,3-4,12H2,1-2H3,(H2,26,27). The topological polar surface area (TPSA) is 85.5 Å². The van der Waals surface area contributed by atoms with Gasteiger partial charge in [0.05, 0.1) is 12.3 Å². The Balaban J connectivity index is 1.67. The van der Waals surface area contributed by atoms with Crippen molar-refractivity contribution < 1.29 is 18.7 Å². The molecule has 3 aromatic rings. The van der Waals surface area contributed by atoms with Crippen LogP contribution in [0.2, 0.25) is 0 Å². The summed E-state index contributed by atoms with van der Waals surface area (Å²) in [5.41, 5.74) is 8.65. The molecule has 0 fully saturated rings. The van der Waals surface area contributed by atoms with Gasteiger partial charge in [0, 0.05) is 25.2 Å². The number of aromatic nitrogens is 1. The first-order valence-corrected chi connectivity index (χ1v) is 9.93. The minimum atomic E-state index is -0.619. The Bertz CT molecular complexity index is 1070. The first kappa shape index (κ1) is 22.0. The molecule has 2 N–H and O–H groups in total. The molecule has 0 unspecified atom stereocenters. The minimum Gasteiger partial charge on any atom is -0.449 e. The van der Waals surface area contributed by atoms with Crippen molar-refractivity contribution >= 4 is 23.4 Å². The van der Waals surface area contributed by atoms with Gasteiger partial charge in [0.15, 0.2) is 5.78 Å². The number of aryl methyl sites for hydroxylation is 1.